The second kappa shape index (κ2) is 10.7. The van der Waals surface area contributed by atoms with Crippen LogP contribution < -0.4 is 19.8 Å². The van der Waals surface area contributed by atoms with Gasteiger partial charge in [0.2, 0.25) is 5.76 Å². The van der Waals surface area contributed by atoms with Crippen molar-refractivity contribution in [1.82, 2.24) is 0 Å². The van der Waals surface area contributed by atoms with Crippen LogP contribution in [0.2, 0.25) is 10.0 Å². The number of amides is 1. The summed E-state index contributed by atoms with van der Waals surface area (Å²) in [7, 11) is 0. The van der Waals surface area contributed by atoms with Crippen molar-refractivity contribution in [3.05, 3.63) is 97.8 Å². The number of nitrogens with zero attached hydrogens (tertiary/aromatic N) is 1. The van der Waals surface area contributed by atoms with E-state index in [1.807, 2.05) is 25.1 Å². The van der Waals surface area contributed by atoms with E-state index in [1.165, 1.54) is 4.90 Å². The molecule has 2 heterocycles. The van der Waals surface area contributed by atoms with E-state index in [4.69, 9.17) is 37.1 Å². The zero-order valence-electron chi connectivity index (χ0n) is 21.3. The molecule has 0 N–H and O–H groups in total. The Bertz CT molecular complexity index is 1580. The van der Waals surface area contributed by atoms with Gasteiger partial charge in [-0.1, -0.05) is 49.2 Å². The zero-order valence-corrected chi connectivity index (χ0v) is 22.8. The van der Waals surface area contributed by atoms with Crippen molar-refractivity contribution < 1.29 is 18.7 Å². The van der Waals surface area contributed by atoms with Crippen LogP contribution in [0.25, 0.3) is 11.0 Å². The summed E-state index contributed by atoms with van der Waals surface area (Å²) in [5.41, 5.74) is 1.42. The van der Waals surface area contributed by atoms with Crippen LogP contribution in [-0.4, -0.2) is 19.1 Å². The third-order valence-corrected chi connectivity index (χ3v) is 6.92. The highest BCUT2D eigenvalue weighted by Gasteiger charge is 2.44. The van der Waals surface area contributed by atoms with E-state index in [0.717, 1.165) is 6.42 Å². The maximum atomic E-state index is 13.8. The predicted molar refractivity (Wildman–Crippen MR) is 150 cm³/mol. The SMILES string of the molecule is CCOc1cc(C2c3c(oc4ccc(Cl)cc4c3=O)C(=O)N2c2cccc(Cl)c2)ccc1OCCC(C)C. The minimum atomic E-state index is -0.778. The van der Waals surface area contributed by atoms with Gasteiger partial charge in [-0.05, 0) is 73.4 Å². The molecule has 0 saturated heterocycles. The van der Waals surface area contributed by atoms with Crippen LogP contribution in [0, 0.1) is 5.92 Å². The van der Waals surface area contributed by atoms with E-state index in [2.05, 4.69) is 13.8 Å². The van der Waals surface area contributed by atoms with Gasteiger partial charge in [0.1, 0.15) is 5.58 Å². The number of ether oxygens (including phenoxy) is 2. The number of fused-ring (bicyclic) bond motifs is 2. The Morgan fingerprint density at radius 3 is 2.47 bits per heavy atom. The quantitative estimate of drug-likeness (QED) is 0.224. The Kier molecular flexibility index (Phi) is 7.37. The molecule has 1 aliphatic rings. The summed E-state index contributed by atoms with van der Waals surface area (Å²) in [5, 5.41) is 1.17. The van der Waals surface area contributed by atoms with Gasteiger partial charge >= 0.3 is 0 Å². The van der Waals surface area contributed by atoms with Crippen molar-refractivity contribution in [3.8, 4) is 11.5 Å². The van der Waals surface area contributed by atoms with Crippen LogP contribution in [0.3, 0.4) is 0 Å². The van der Waals surface area contributed by atoms with Gasteiger partial charge in [0.25, 0.3) is 5.91 Å². The largest absolute Gasteiger partial charge is 0.490 e. The number of hydrogen-bond acceptors (Lipinski definition) is 5. The molecule has 0 saturated carbocycles. The van der Waals surface area contributed by atoms with Gasteiger partial charge in [-0.3, -0.25) is 14.5 Å². The van der Waals surface area contributed by atoms with Crippen LogP contribution in [-0.2, 0) is 0 Å². The number of carbonyl (C=O) groups is 1. The Morgan fingerprint density at radius 2 is 1.74 bits per heavy atom. The van der Waals surface area contributed by atoms with Crippen LogP contribution in [0.4, 0.5) is 5.69 Å². The number of halogens is 2. The molecular weight excluding hydrogens is 525 g/mol. The Labute approximate surface area is 230 Å². The molecule has 0 fully saturated rings. The molecule has 0 radical (unpaired) electrons. The summed E-state index contributed by atoms with van der Waals surface area (Å²) in [4.78, 5) is 29.2. The summed E-state index contributed by atoms with van der Waals surface area (Å²) in [6.07, 6.45) is 0.900. The maximum absolute atomic E-state index is 13.8. The molecule has 0 bridgehead atoms. The second-order valence-corrected chi connectivity index (χ2v) is 10.4. The topological polar surface area (TPSA) is 69.0 Å². The lowest BCUT2D eigenvalue weighted by atomic mass is 9.97. The molecule has 0 aliphatic carbocycles. The number of benzene rings is 3. The van der Waals surface area contributed by atoms with E-state index in [-0.39, 0.29) is 16.8 Å². The molecule has 38 heavy (non-hydrogen) atoms. The average molecular weight is 552 g/mol. The minimum Gasteiger partial charge on any atom is -0.490 e. The van der Waals surface area contributed by atoms with Crippen molar-refractivity contribution in [2.75, 3.05) is 18.1 Å². The van der Waals surface area contributed by atoms with E-state index in [0.29, 0.717) is 62.9 Å². The van der Waals surface area contributed by atoms with Crippen LogP contribution >= 0.6 is 23.2 Å². The zero-order chi connectivity index (χ0) is 27.0. The molecule has 1 atom stereocenters. The lowest BCUT2D eigenvalue weighted by Crippen LogP contribution is -2.29. The molecule has 1 amide bonds. The molecule has 0 spiro atoms. The first-order valence-electron chi connectivity index (χ1n) is 12.5. The third-order valence-electron chi connectivity index (χ3n) is 6.45. The van der Waals surface area contributed by atoms with E-state index < -0.39 is 11.9 Å². The molecule has 6 nitrogen and oxygen atoms in total. The number of hydrogen-bond donors (Lipinski definition) is 0. The van der Waals surface area contributed by atoms with Crippen LogP contribution in [0.15, 0.2) is 69.9 Å². The van der Waals surface area contributed by atoms with Crippen molar-refractivity contribution in [2.45, 2.75) is 33.2 Å². The fraction of sp³-hybridized carbons (Fsp3) is 0.267. The van der Waals surface area contributed by atoms with Crippen molar-refractivity contribution in [3.63, 3.8) is 0 Å². The summed E-state index contributed by atoms with van der Waals surface area (Å²) >= 11 is 12.5. The number of anilines is 1. The summed E-state index contributed by atoms with van der Waals surface area (Å²) in [5.74, 6) is 1.20. The van der Waals surface area contributed by atoms with Gasteiger partial charge in [-0.2, -0.15) is 0 Å². The molecule has 196 valence electrons. The first-order chi connectivity index (χ1) is 18.3. The molecule has 1 unspecified atom stereocenters. The summed E-state index contributed by atoms with van der Waals surface area (Å²) < 4.78 is 18.0. The van der Waals surface area contributed by atoms with Gasteiger partial charge in [0.05, 0.1) is 30.2 Å². The summed E-state index contributed by atoms with van der Waals surface area (Å²) in [6, 6.07) is 16.4. The Balaban J connectivity index is 1.70. The van der Waals surface area contributed by atoms with Crippen molar-refractivity contribution in [1.29, 1.82) is 0 Å². The molecule has 1 aliphatic heterocycles. The lowest BCUT2D eigenvalue weighted by Gasteiger charge is -2.26. The fourth-order valence-electron chi connectivity index (χ4n) is 4.64. The second-order valence-electron chi connectivity index (χ2n) is 9.54. The van der Waals surface area contributed by atoms with Crippen LogP contribution in [0.5, 0.6) is 11.5 Å². The molecule has 3 aromatic carbocycles. The Morgan fingerprint density at radius 1 is 0.947 bits per heavy atom. The van der Waals surface area contributed by atoms with E-state index in [1.54, 1.807) is 42.5 Å². The maximum Gasteiger partial charge on any atom is 0.295 e. The average Bonchev–Trinajstić information content (AvgIpc) is 3.18. The van der Waals surface area contributed by atoms with Crippen molar-refractivity contribution in [2.24, 2.45) is 5.92 Å². The Hall–Kier alpha value is -3.48. The molecule has 5 rings (SSSR count). The molecule has 8 heteroatoms. The monoisotopic (exact) mass is 551 g/mol. The van der Waals surface area contributed by atoms with E-state index >= 15 is 0 Å². The van der Waals surface area contributed by atoms with Gasteiger partial charge in [-0.25, -0.2) is 0 Å². The van der Waals surface area contributed by atoms with Gasteiger partial charge in [0.15, 0.2) is 16.9 Å². The first kappa shape index (κ1) is 26.1. The van der Waals surface area contributed by atoms with Crippen molar-refractivity contribution >= 4 is 45.8 Å². The number of carbonyl (C=O) groups excluding carboxylic acids is 1. The highest BCUT2D eigenvalue weighted by molar-refractivity contribution is 6.31. The fourth-order valence-corrected chi connectivity index (χ4v) is 5.00. The normalized spacial score (nSPS) is 14.8. The number of rotatable bonds is 8. The third kappa shape index (κ3) is 4.86. The van der Waals surface area contributed by atoms with Gasteiger partial charge < -0.3 is 13.9 Å². The minimum absolute atomic E-state index is 0.00924. The molecule has 1 aromatic heterocycles. The smallest absolute Gasteiger partial charge is 0.295 e. The summed E-state index contributed by atoms with van der Waals surface area (Å²) in [6.45, 7) is 7.14. The molecule has 4 aromatic rings. The standard InChI is InChI=1S/C30H27Cl2NO5/c1-4-36-25-14-18(8-10-24(25)37-13-12-17(2)3)27-26-28(34)22-16-20(32)9-11-23(22)38-29(26)30(35)33(27)21-7-5-6-19(31)15-21/h5-11,14-17,27H,4,12-13H2,1-3H3. The highest BCUT2D eigenvalue weighted by Crippen LogP contribution is 2.44. The molecular formula is C30H27Cl2NO5. The lowest BCUT2D eigenvalue weighted by molar-refractivity contribution is 0.0971. The van der Waals surface area contributed by atoms with Crippen LogP contribution in [0.1, 0.15) is 54.9 Å². The predicted octanol–water partition coefficient (Wildman–Crippen LogP) is 7.67. The van der Waals surface area contributed by atoms with Gasteiger partial charge in [-0.15, -0.1) is 0 Å². The van der Waals surface area contributed by atoms with Gasteiger partial charge in [0, 0.05) is 15.7 Å². The first-order valence-corrected chi connectivity index (χ1v) is 13.3. The van der Waals surface area contributed by atoms with E-state index in [9.17, 15) is 9.59 Å². The highest BCUT2D eigenvalue weighted by atomic mass is 35.5.